The molecule has 0 radical (unpaired) electrons. The van der Waals surface area contributed by atoms with Gasteiger partial charge in [0.1, 0.15) is 0 Å². The molecule has 0 aliphatic rings. The quantitative estimate of drug-likeness (QED) is 0.888. The van der Waals surface area contributed by atoms with Gasteiger partial charge in [-0.25, -0.2) is 13.1 Å². The smallest absolute Gasteiger partial charge is 0.212 e. The number of benzene rings is 2. The summed E-state index contributed by atoms with van der Waals surface area (Å²) in [5, 5.41) is 0. The van der Waals surface area contributed by atoms with Gasteiger partial charge in [-0.15, -0.1) is 0 Å². The highest BCUT2D eigenvalue weighted by molar-refractivity contribution is 7.88. The molecule has 2 aromatic rings. The first-order chi connectivity index (χ1) is 10.00. The summed E-state index contributed by atoms with van der Waals surface area (Å²) in [5.74, 6) is 0.00518. The molecule has 0 saturated heterocycles. The molecule has 112 valence electrons. The predicted octanol–water partition coefficient (Wildman–Crippen LogP) is 3.43. The molecule has 0 saturated carbocycles. The zero-order valence-electron chi connectivity index (χ0n) is 12.4. The molecule has 0 aromatic heterocycles. The lowest BCUT2D eigenvalue weighted by molar-refractivity contribution is 0.566. The highest BCUT2D eigenvalue weighted by Gasteiger charge is 2.16. The van der Waals surface area contributed by atoms with Gasteiger partial charge in [-0.2, -0.15) is 0 Å². The van der Waals surface area contributed by atoms with Crippen LogP contribution in [-0.4, -0.2) is 8.42 Å². The van der Waals surface area contributed by atoms with Gasteiger partial charge in [0.2, 0.25) is 10.0 Å². The molecular weight excluding hydrogens is 282 g/mol. The van der Waals surface area contributed by atoms with Crippen LogP contribution in [0.4, 0.5) is 0 Å². The van der Waals surface area contributed by atoms with Gasteiger partial charge < -0.3 is 0 Å². The van der Waals surface area contributed by atoms with Gasteiger partial charge in [0.15, 0.2) is 0 Å². The molecule has 1 N–H and O–H groups in total. The van der Waals surface area contributed by atoms with E-state index < -0.39 is 10.0 Å². The minimum atomic E-state index is -3.35. The van der Waals surface area contributed by atoms with E-state index >= 15 is 0 Å². The first-order valence-corrected chi connectivity index (χ1v) is 8.78. The molecule has 2 rings (SSSR count). The van der Waals surface area contributed by atoms with Crippen LogP contribution in [-0.2, 0) is 22.2 Å². The Morgan fingerprint density at radius 1 is 0.952 bits per heavy atom. The maximum Gasteiger partial charge on any atom is 0.216 e. The summed E-state index contributed by atoms with van der Waals surface area (Å²) >= 11 is 0. The molecule has 1 atom stereocenters. The van der Waals surface area contributed by atoms with Crippen LogP contribution in [0.1, 0.15) is 36.6 Å². The maximum atomic E-state index is 12.2. The van der Waals surface area contributed by atoms with E-state index in [0.29, 0.717) is 0 Å². The fourth-order valence-corrected chi connectivity index (χ4v) is 3.60. The first-order valence-electron chi connectivity index (χ1n) is 7.13. The third kappa shape index (κ3) is 4.69. The molecule has 0 heterocycles. The fraction of sp³-hybridized carbons (Fsp3) is 0.294. The fourth-order valence-electron chi connectivity index (χ4n) is 2.21. The average molecular weight is 303 g/mol. The second-order valence-corrected chi connectivity index (χ2v) is 6.93. The molecule has 4 heteroatoms. The number of hydrogen-bond donors (Lipinski definition) is 1. The minimum Gasteiger partial charge on any atom is -0.212 e. The minimum absolute atomic E-state index is 0.00518. The zero-order valence-corrected chi connectivity index (χ0v) is 13.2. The van der Waals surface area contributed by atoms with Gasteiger partial charge in [0, 0.05) is 6.04 Å². The van der Waals surface area contributed by atoms with Crippen molar-refractivity contribution >= 4 is 10.0 Å². The third-order valence-electron chi connectivity index (χ3n) is 3.44. The van der Waals surface area contributed by atoms with Crippen molar-refractivity contribution in [3.8, 4) is 0 Å². The average Bonchev–Trinajstić information content (AvgIpc) is 2.47. The summed E-state index contributed by atoms with van der Waals surface area (Å²) in [5.41, 5.74) is 3.01. The Bertz CT molecular complexity index is 664. The SMILES string of the molecule is CCc1ccc([C@H](C)NS(=O)(=O)Cc2ccccc2)cc1. The van der Waals surface area contributed by atoms with Crippen LogP contribution < -0.4 is 4.72 Å². The Balaban J connectivity index is 2.05. The van der Waals surface area contributed by atoms with Crippen LogP contribution in [0.3, 0.4) is 0 Å². The lowest BCUT2D eigenvalue weighted by Gasteiger charge is -2.15. The van der Waals surface area contributed by atoms with E-state index in [1.54, 1.807) is 0 Å². The van der Waals surface area contributed by atoms with Crippen LogP contribution >= 0.6 is 0 Å². The molecule has 2 aromatic carbocycles. The van der Waals surface area contributed by atoms with Gasteiger partial charge in [-0.3, -0.25) is 0 Å². The number of aryl methyl sites for hydroxylation is 1. The van der Waals surface area contributed by atoms with E-state index in [-0.39, 0.29) is 11.8 Å². The van der Waals surface area contributed by atoms with E-state index in [1.807, 2.05) is 61.5 Å². The van der Waals surface area contributed by atoms with Crippen LogP contribution in [0.15, 0.2) is 54.6 Å². The van der Waals surface area contributed by atoms with Crippen LogP contribution in [0, 0.1) is 0 Å². The lowest BCUT2D eigenvalue weighted by atomic mass is 10.1. The second-order valence-electron chi connectivity index (χ2n) is 5.18. The van der Waals surface area contributed by atoms with Crippen LogP contribution in [0.5, 0.6) is 0 Å². The third-order valence-corrected chi connectivity index (χ3v) is 4.87. The van der Waals surface area contributed by atoms with Gasteiger partial charge in [-0.05, 0) is 30.0 Å². The Kier molecular flexibility index (Phi) is 5.15. The number of sulfonamides is 1. The van der Waals surface area contributed by atoms with Crippen LogP contribution in [0.25, 0.3) is 0 Å². The van der Waals surface area contributed by atoms with Crippen molar-refractivity contribution in [3.05, 3.63) is 71.3 Å². The van der Waals surface area contributed by atoms with E-state index in [0.717, 1.165) is 17.5 Å². The second kappa shape index (κ2) is 6.87. The number of hydrogen-bond acceptors (Lipinski definition) is 2. The highest BCUT2D eigenvalue weighted by Crippen LogP contribution is 2.16. The topological polar surface area (TPSA) is 46.2 Å². The van der Waals surface area contributed by atoms with Crippen molar-refractivity contribution in [1.82, 2.24) is 4.72 Å². The Labute approximate surface area is 127 Å². The van der Waals surface area contributed by atoms with E-state index in [4.69, 9.17) is 0 Å². The summed E-state index contributed by atoms with van der Waals surface area (Å²) in [7, 11) is -3.35. The Morgan fingerprint density at radius 2 is 1.57 bits per heavy atom. The van der Waals surface area contributed by atoms with Crippen LogP contribution in [0.2, 0.25) is 0 Å². The van der Waals surface area contributed by atoms with Crippen molar-refractivity contribution in [1.29, 1.82) is 0 Å². The van der Waals surface area contributed by atoms with E-state index in [9.17, 15) is 8.42 Å². The molecule has 0 aliphatic heterocycles. The largest absolute Gasteiger partial charge is 0.216 e. The van der Waals surface area contributed by atoms with E-state index in [1.165, 1.54) is 5.56 Å². The molecule has 0 unspecified atom stereocenters. The molecule has 0 amide bonds. The van der Waals surface area contributed by atoms with Crippen molar-refractivity contribution < 1.29 is 8.42 Å². The summed E-state index contributed by atoms with van der Waals surface area (Å²) in [6.45, 7) is 3.96. The van der Waals surface area contributed by atoms with Gasteiger partial charge in [0.25, 0.3) is 0 Å². The van der Waals surface area contributed by atoms with E-state index in [2.05, 4.69) is 11.6 Å². The van der Waals surface area contributed by atoms with Crippen molar-refractivity contribution in [2.45, 2.75) is 32.1 Å². The van der Waals surface area contributed by atoms with Gasteiger partial charge in [-0.1, -0.05) is 61.5 Å². The standard InChI is InChI=1S/C17H21NO2S/c1-3-15-9-11-17(12-10-15)14(2)18-21(19,20)13-16-7-5-4-6-8-16/h4-12,14,18H,3,13H2,1-2H3/t14-/m0/s1. The maximum absolute atomic E-state index is 12.2. The molecule has 0 spiro atoms. The highest BCUT2D eigenvalue weighted by atomic mass is 32.2. The lowest BCUT2D eigenvalue weighted by Crippen LogP contribution is -2.28. The molecule has 0 aliphatic carbocycles. The van der Waals surface area contributed by atoms with Gasteiger partial charge in [0.05, 0.1) is 5.75 Å². The summed E-state index contributed by atoms with van der Waals surface area (Å²) in [4.78, 5) is 0. The Hall–Kier alpha value is -1.65. The Morgan fingerprint density at radius 3 is 2.14 bits per heavy atom. The molecular formula is C17H21NO2S. The summed E-state index contributed by atoms with van der Waals surface area (Å²) in [6, 6.07) is 17.0. The molecule has 3 nitrogen and oxygen atoms in total. The number of nitrogens with one attached hydrogen (secondary N) is 1. The number of rotatable bonds is 6. The first kappa shape index (κ1) is 15.7. The van der Waals surface area contributed by atoms with Crippen molar-refractivity contribution in [3.63, 3.8) is 0 Å². The van der Waals surface area contributed by atoms with Crippen molar-refractivity contribution in [2.24, 2.45) is 0 Å². The predicted molar refractivity (Wildman–Crippen MR) is 86.4 cm³/mol. The summed E-state index contributed by atoms with van der Waals surface area (Å²) in [6.07, 6.45) is 0.981. The van der Waals surface area contributed by atoms with Gasteiger partial charge >= 0.3 is 0 Å². The normalized spacial score (nSPS) is 13.0. The van der Waals surface area contributed by atoms with Crippen molar-refractivity contribution in [2.75, 3.05) is 0 Å². The summed E-state index contributed by atoms with van der Waals surface area (Å²) < 4.78 is 27.1. The molecule has 0 fully saturated rings. The molecule has 21 heavy (non-hydrogen) atoms. The monoisotopic (exact) mass is 303 g/mol. The molecule has 0 bridgehead atoms. The zero-order chi connectivity index (χ0) is 15.3.